The molecule has 162 valence electrons. The molecule has 7 heteroatoms. The van der Waals surface area contributed by atoms with E-state index in [2.05, 4.69) is 5.10 Å². The first-order valence-corrected chi connectivity index (χ1v) is 10.7. The second kappa shape index (κ2) is 7.20. The number of rotatable bonds is 3. The van der Waals surface area contributed by atoms with Crippen molar-refractivity contribution in [3.8, 4) is 0 Å². The first-order valence-electron chi connectivity index (χ1n) is 10.7. The number of hydrogen-bond acceptors (Lipinski definition) is 5. The number of nitrogens with zero attached hydrogens (tertiary/aromatic N) is 3. The van der Waals surface area contributed by atoms with E-state index in [1.54, 1.807) is 35.5 Å². The topological polar surface area (TPSA) is 70.0 Å². The highest BCUT2D eigenvalue weighted by Gasteiger charge is 2.65. The molecule has 0 saturated carbocycles. The lowest BCUT2D eigenvalue weighted by atomic mass is 9.83. The third-order valence-corrected chi connectivity index (χ3v) is 6.70. The van der Waals surface area contributed by atoms with Gasteiger partial charge >= 0.3 is 0 Å². The zero-order valence-electron chi connectivity index (χ0n) is 17.3. The van der Waals surface area contributed by atoms with Gasteiger partial charge in [-0.15, -0.1) is 0 Å². The molecule has 3 aliphatic heterocycles. The minimum atomic E-state index is -0.972. The van der Waals surface area contributed by atoms with Crippen LogP contribution in [0.4, 0.5) is 10.1 Å². The van der Waals surface area contributed by atoms with E-state index < -0.39 is 35.6 Å². The van der Waals surface area contributed by atoms with Gasteiger partial charge in [0.15, 0.2) is 5.78 Å². The summed E-state index contributed by atoms with van der Waals surface area (Å²) in [7, 11) is 0. The molecule has 2 saturated heterocycles. The summed E-state index contributed by atoms with van der Waals surface area (Å²) in [4.78, 5) is 42.2. The van der Waals surface area contributed by atoms with Crippen LogP contribution in [0.15, 0.2) is 84.0 Å². The molecule has 33 heavy (non-hydrogen) atoms. The van der Waals surface area contributed by atoms with Crippen LogP contribution in [-0.4, -0.2) is 34.9 Å². The molecule has 6 rings (SSSR count). The van der Waals surface area contributed by atoms with Gasteiger partial charge in [0.25, 0.3) is 0 Å². The van der Waals surface area contributed by atoms with Crippen LogP contribution >= 0.6 is 0 Å². The Morgan fingerprint density at radius 1 is 0.818 bits per heavy atom. The molecule has 0 unspecified atom stereocenters. The number of Topliss-reactive ketones (excluding diaryl/α,β-unsaturated/α-hetero) is 1. The van der Waals surface area contributed by atoms with Crippen molar-refractivity contribution in [3.63, 3.8) is 0 Å². The van der Waals surface area contributed by atoms with Crippen molar-refractivity contribution in [1.82, 2.24) is 5.01 Å². The first kappa shape index (κ1) is 19.5. The van der Waals surface area contributed by atoms with Gasteiger partial charge in [-0.25, -0.2) is 9.29 Å². The van der Waals surface area contributed by atoms with Gasteiger partial charge < -0.3 is 0 Å². The number of hydrogen-bond donors (Lipinski definition) is 0. The molecule has 3 aliphatic rings. The molecule has 3 aromatic carbocycles. The van der Waals surface area contributed by atoms with Crippen LogP contribution in [-0.2, 0) is 9.59 Å². The fourth-order valence-electron chi connectivity index (χ4n) is 5.28. The molecule has 3 aromatic rings. The summed E-state index contributed by atoms with van der Waals surface area (Å²) in [6, 6.07) is 20.0. The average Bonchev–Trinajstić information content (AvgIpc) is 3.32. The summed E-state index contributed by atoms with van der Waals surface area (Å²) in [5.41, 5.74) is 2.46. The van der Waals surface area contributed by atoms with Gasteiger partial charge in [0.05, 0.1) is 29.8 Å². The zero-order valence-corrected chi connectivity index (χ0v) is 17.3. The fraction of sp³-hybridized carbons (Fsp3) is 0.154. The van der Waals surface area contributed by atoms with E-state index in [9.17, 15) is 18.8 Å². The van der Waals surface area contributed by atoms with Crippen molar-refractivity contribution >= 4 is 29.5 Å². The predicted octanol–water partition coefficient (Wildman–Crippen LogP) is 3.59. The number of carbonyl (C=O) groups excluding carboxylic acids is 3. The van der Waals surface area contributed by atoms with E-state index in [1.165, 1.54) is 29.2 Å². The van der Waals surface area contributed by atoms with Gasteiger partial charge in [-0.1, -0.05) is 42.5 Å². The number of hydrazone groups is 1. The minimum Gasteiger partial charge on any atom is -0.292 e. The van der Waals surface area contributed by atoms with Gasteiger partial charge in [-0.3, -0.25) is 19.4 Å². The number of halogens is 1. The first-order chi connectivity index (χ1) is 16.1. The Morgan fingerprint density at radius 2 is 1.48 bits per heavy atom. The zero-order chi connectivity index (χ0) is 22.7. The molecule has 0 bridgehead atoms. The molecule has 2 amide bonds. The second-order valence-electron chi connectivity index (χ2n) is 8.41. The van der Waals surface area contributed by atoms with Crippen LogP contribution in [0.5, 0.6) is 0 Å². The van der Waals surface area contributed by atoms with Crippen LogP contribution in [0.25, 0.3) is 0 Å². The van der Waals surface area contributed by atoms with Crippen molar-refractivity contribution in [1.29, 1.82) is 0 Å². The van der Waals surface area contributed by atoms with Gasteiger partial charge in [0, 0.05) is 5.56 Å². The number of fused-ring (bicyclic) bond motifs is 5. The van der Waals surface area contributed by atoms with Crippen molar-refractivity contribution in [2.45, 2.75) is 12.1 Å². The summed E-state index contributed by atoms with van der Waals surface area (Å²) in [5, 5.41) is 6.12. The SMILES string of the molecule is O=C(c1ccc(F)cc1)[C@H]1[C@H]2C(=O)N(c3ccccc3)C(=O)[C@H]2[C@@H]2c3ccccc3C=NN12. The average molecular weight is 439 g/mol. The third kappa shape index (κ3) is 2.78. The molecular weight excluding hydrogens is 421 g/mol. The van der Waals surface area contributed by atoms with Gasteiger partial charge in [0.1, 0.15) is 11.9 Å². The lowest BCUT2D eigenvalue weighted by Crippen LogP contribution is -2.44. The third-order valence-electron chi connectivity index (χ3n) is 6.70. The van der Waals surface area contributed by atoms with E-state index in [0.717, 1.165) is 11.1 Å². The molecule has 6 nitrogen and oxygen atoms in total. The maximum absolute atomic E-state index is 13.7. The molecule has 0 aliphatic carbocycles. The minimum absolute atomic E-state index is 0.272. The van der Waals surface area contributed by atoms with E-state index in [0.29, 0.717) is 5.69 Å². The van der Waals surface area contributed by atoms with Crippen LogP contribution < -0.4 is 4.90 Å². The van der Waals surface area contributed by atoms with E-state index in [4.69, 9.17) is 0 Å². The summed E-state index contributed by atoms with van der Waals surface area (Å²) < 4.78 is 13.5. The highest BCUT2D eigenvalue weighted by molar-refractivity contribution is 6.24. The van der Waals surface area contributed by atoms with Crippen molar-refractivity contribution in [2.75, 3.05) is 4.90 Å². The monoisotopic (exact) mass is 439 g/mol. The molecule has 0 spiro atoms. The maximum Gasteiger partial charge on any atom is 0.240 e. The Hall–Kier alpha value is -4.13. The number of amides is 2. The Bertz CT molecular complexity index is 1320. The van der Waals surface area contributed by atoms with Crippen molar-refractivity contribution < 1.29 is 18.8 Å². The van der Waals surface area contributed by atoms with E-state index >= 15 is 0 Å². The molecule has 0 radical (unpaired) electrons. The quantitative estimate of drug-likeness (QED) is 0.462. The number of anilines is 1. The van der Waals surface area contributed by atoms with E-state index in [-0.39, 0.29) is 17.3 Å². The number of imide groups is 1. The van der Waals surface area contributed by atoms with E-state index in [1.807, 2.05) is 30.3 Å². The predicted molar refractivity (Wildman–Crippen MR) is 119 cm³/mol. The Kier molecular flexibility index (Phi) is 4.26. The largest absolute Gasteiger partial charge is 0.292 e. The van der Waals surface area contributed by atoms with Crippen molar-refractivity contribution in [2.24, 2.45) is 16.9 Å². The standard InChI is InChI=1S/C26H18FN3O3/c27-17-12-10-15(11-13-17)24(31)23-21-20(22-19-9-5-4-6-16(19)14-28-30(22)23)25(32)29(26(21)33)18-7-2-1-3-8-18/h1-14,20-23H/t20-,21+,22+,23-/m1/s1. The highest BCUT2D eigenvalue weighted by Crippen LogP contribution is 2.53. The lowest BCUT2D eigenvalue weighted by Gasteiger charge is -2.33. The maximum atomic E-state index is 13.7. The Labute approximate surface area is 188 Å². The van der Waals surface area contributed by atoms with Crippen LogP contribution in [0.2, 0.25) is 0 Å². The summed E-state index contributed by atoms with van der Waals surface area (Å²) in [6.45, 7) is 0. The lowest BCUT2D eigenvalue weighted by molar-refractivity contribution is -0.124. The second-order valence-corrected chi connectivity index (χ2v) is 8.41. The van der Waals surface area contributed by atoms with Crippen molar-refractivity contribution in [3.05, 3.63) is 101 Å². The Balaban J connectivity index is 1.50. The summed E-state index contributed by atoms with van der Waals surface area (Å²) in [6.07, 6.45) is 1.65. The fourth-order valence-corrected chi connectivity index (χ4v) is 5.28. The molecule has 4 atom stereocenters. The normalized spacial score (nSPS) is 25.1. The number of ketones is 1. The van der Waals surface area contributed by atoms with Crippen LogP contribution in [0.1, 0.15) is 27.5 Å². The molecule has 0 aromatic heterocycles. The van der Waals surface area contributed by atoms with Crippen LogP contribution in [0.3, 0.4) is 0 Å². The number of benzene rings is 3. The molecule has 0 N–H and O–H groups in total. The van der Waals surface area contributed by atoms with Gasteiger partial charge in [-0.05, 0) is 47.5 Å². The molecular formula is C26H18FN3O3. The van der Waals surface area contributed by atoms with Gasteiger partial charge in [-0.2, -0.15) is 5.10 Å². The smallest absolute Gasteiger partial charge is 0.240 e. The number of carbonyl (C=O) groups is 3. The number of para-hydroxylation sites is 1. The molecule has 2 fully saturated rings. The summed E-state index contributed by atoms with van der Waals surface area (Å²) in [5.74, 6) is -3.23. The van der Waals surface area contributed by atoms with Crippen LogP contribution in [0, 0.1) is 17.7 Å². The molecule has 3 heterocycles. The Morgan fingerprint density at radius 3 is 2.24 bits per heavy atom. The van der Waals surface area contributed by atoms with Gasteiger partial charge in [0.2, 0.25) is 11.8 Å². The highest BCUT2D eigenvalue weighted by atomic mass is 19.1. The summed E-state index contributed by atoms with van der Waals surface area (Å²) >= 11 is 0.